The van der Waals surface area contributed by atoms with Crippen LogP contribution in [0.2, 0.25) is 0 Å². The van der Waals surface area contributed by atoms with Crippen LogP contribution in [0.15, 0.2) is 23.3 Å². The van der Waals surface area contributed by atoms with Gasteiger partial charge in [0.15, 0.2) is 17.6 Å². The predicted octanol–water partition coefficient (Wildman–Crippen LogP) is 3.41. The Kier molecular flexibility index (Phi) is 8.88. The van der Waals surface area contributed by atoms with Gasteiger partial charge in [0, 0.05) is 38.9 Å². The number of halogens is 2. The van der Waals surface area contributed by atoms with Crippen LogP contribution in [0.4, 0.5) is 10.2 Å². The van der Waals surface area contributed by atoms with E-state index in [1.807, 2.05) is 4.90 Å². The molecule has 0 amide bonds. The van der Waals surface area contributed by atoms with Crippen molar-refractivity contribution in [1.29, 1.82) is 0 Å². The first-order valence-electron chi connectivity index (χ1n) is 8.72. The van der Waals surface area contributed by atoms with E-state index in [2.05, 4.69) is 41.4 Å². The van der Waals surface area contributed by atoms with E-state index in [0.29, 0.717) is 11.2 Å². The maximum atomic E-state index is 13.8. The van der Waals surface area contributed by atoms with E-state index >= 15 is 0 Å². The lowest BCUT2D eigenvalue weighted by atomic mass is 9.91. The van der Waals surface area contributed by atoms with Gasteiger partial charge in [-0.2, -0.15) is 0 Å². The highest BCUT2D eigenvalue weighted by Gasteiger charge is 2.25. The third-order valence-electron chi connectivity index (χ3n) is 4.19. The minimum absolute atomic E-state index is 0. The fraction of sp³-hybridized carbons (Fsp3) is 0.667. The summed E-state index contributed by atoms with van der Waals surface area (Å²) in [5, 5.41) is 6.80. The number of pyridine rings is 1. The molecule has 0 saturated carbocycles. The van der Waals surface area contributed by atoms with Crippen molar-refractivity contribution in [2.45, 2.75) is 46.1 Å². The molecule has 2 heterocycles. The van der Waals surface area contributed by atoms with Gasteiger partial charge in [0.05, 0.1) is 0 Å². The second-order valence-corrected chi connectivity index (χ2v) is 7.55. The molecule has 7 heteroatoms. The molecule has 0 radical (unpaired) electrons. The van der Waals surface area contributed by atoms with E-state index in [4.69, 9.17) is 0 Å². The largest absolute Gasteiger partial charge is 0.356 e. The fourth-order valence-electron chi connectivity index (χ4n) is 2.89. The summed E-state index contributed by atoms with van der Waals surface area (Å²) in [7, 11) is 1.78. The summed E-state index contributed by atoms with van der Waals surface area (Å²) in [4.78, 5) is 10.4. The van der Waals surface area contributed by atoms with E-state index in [9.17, 15) is 4.39 Å². The quantitative estimate of drug-likeness (QED) is 0.304. The summed E-state index contributed by atoms with van der Waals surface area (Å²) in [6.07, 6.45) is 4.86. The molecule has 2 rings (SSSR count). The monoisotopic (exact) mass is 463 g/mol. The minimum atomic E-state index is -0.261. The Hall–Kier alpha value is -1.12. The molecule has 5 nitrogen and oxygen atoms in total. The van der Waals surface area contributed by atoms with Crippen LogP contribution in [0.5, 0.6) is 0 Å². The Labute approximate surface area is 167 Å². The van der Waals surface area contributed by atoms with Crippen molar-refractivity contribution < 1.29 is 4.39 Å². The zero-order valence-electron chi connectivity index (χ0n) is 15.7. The molecule has 0 bridgehead atoms. The van der Waals surface area contributed by atoms with Gasteiger partial charge in [-0.25, -0.2) is 9.37 Å². The van der Waals surface area contributed by atoms with Crippen molar-refractivity contribution >= 4 is 35.8 Å². The number of aliphatic imine (C=N–C) groups is 1. The van der Waals surface area contributed by atoms with E-state index in [-0.39, 0.29) is 35.8 Å². The lowest BCUT2D eigenvalue weighted by Crippen LogP contribution is -2.45. The van der Waals surface area contributed by atoms with E-state index in [1.165, 1.54) is 12.5 Å². The van der Waals surface area contributed by atoms with Gasteiger partial charge in [-0.1, -0.05) is 20.8 Å². The Bertz CT molecular complexity index is 559. The Morgan fingerprint density at radius 2 is 2.20 bits per heavy atom. The minimum Gasteiger partial charge on any atom is -0.356 e. The molecule has 1 aliphatic rings. The Morgan fingerprint density at radius 1 is 1.44 bits per heavy atom. The zero-order valence-corrected chi connectivity index (χ0v) is 18.0. The lowest BCUT2D eigenvalue weighted by molar-refractivity contribution is 0.365. The van der Waals surface area contributed by atoms with Crippen LogP contribution in [-0.4, -0.2) is 43.7 Å². The fourth-order valence-corrected chi connectivity index (χ4v) is 2.89. The number of rotatable bonds is 5. The van der Waals surface area contributed by atoms with Crippen LogP contribution >= 0.6 is 24.0 Å². The standard InChI is InChI=1S/C18H30FN5.HI/c1-18(2,3)9-6-11-22-17(20-4)23-14-8-12-24(13-14)16-15(19)7-5-10-21-16;/h5,7,10,14H,6,8-9,11-13H2,1-4H3,(H2,20,22,23);1H. The summed E-state index contributed by atoms with van der Waals surface area (Å²) in [6, 6.07) is 3.33. The second kappa shape index (κ2) is 10.1. The van der Waals surface area contributed by atoms with Gasteiger partial charge in [-0.05, 0) is 36.8 Å². The van der Waals surface area contributed by atoms with Gasteiger partial charge in [-0.3, -0.25) is 4.99 Å². The first-order chi connectivity index (χ1) is 11.4. The number of anilines is 1. The Balaban J connectivity index is 0.00000312. The van der Waals surface area contributed by atoms with Crippen LogP contribution in [-0.2, 0) is 0 Å². The highest BCUT2D eigenvalue weighted by Crippen LogP contribution is 2.21. The molecular weight excluding hydrogens is 432 g/mol. The van der Waals surface area contributed by atoms with Crippen molar-refractivity contribution in [3.05, 3.63) is 24.1 Å². The number of hydrogen-bond donors (Lipinski definition) is 2. The molecule has 1 aromatic heterocycles. The molecule has 1 aromatic rings. The predicted molar refractivity (Wildman–Crippen MR) is 113 cm³/mol. The molecular formula is C18H31FIN5. The van der Waals surface area contributed by atoms with Crippen LogP contribution < -0.4 is 15.5 Å². The van der Waals surface area contributed by atoms with Gasteiger partial charge >= 0.3 is 0 Å². The molecule has 0 spiro atoms. The van der Waals surface area contributed by atoms with Crippen LogP contribution in [0.3, 0.4) is 0 Å². The topological polar surface area (TPSA) is 52.6 Å². The van der Waals surface area contributed by atoms with Gasteiger partial charge in [0.2, 0.25) is 0 Å². The van der Waals surface area contributed by atoms with E-state index in [0.717, 1.165) is 38.4 Å². The first kappa shape index (κ1) is 21.9. The van der Waals surface area contributed by atoms with Crippen molar-refractivity contribution in [2.75, 3.05) is 31.6 Å². The maximum absolute atomic E-state index is 13.8. The molecule has 1 fully saturated rings. The lowest BCUT2D eigenvalue weighted by Gasteiger charge is -2.21. The maximum Gasteiger partial charge on any atom is 0.191 e. The van der Waals surface area contributed by atoms with E-state index < -0.39 is 0 Å². The third-order valence-corrected chi connectivity index (χ3v) is 4.19. The molecule has 1 unspecified atom stereocenters. The second-order valence-electron chi connectivity index (χ2n) is 7.55. The van der Waals surface area contributed by atoms with Crippen molar-refractivity contribution in [1.82, 2.24) is 15.6 Å². The summed E-state index contributed by atoms with van der Waals surface area (Å²) in [5.74, 6) is 0.995. The molecule has 2 N–H and O–H groups in total. The molecule has 0 aliphatic carbocycles. The SMILES string of the molecule is CN=C(NCCCC(C)(C)C)NC1CCN(c2ncccc2F)C1.I. The van der Waals surface area contributed by atoms with Crippen molar-refractivity contribution in [2.24, 2.45) is 10.4 Å². The number of aromatic nitrogens is 1. The van der Waals surface area contributed by atoms with Crippen molar-refractivity contribution in [3.8, 4) is 0 Å². The number of nitrogens with zero attached hydrogens (tertiary/aromatic N) is 3. The average molecular weight is 463 g/mol. The molecule has 1 aliphatic heterocycles. The normalized spacial score (nSPS) is 18.0. The molecule has 25 heavy (non-hydrogen) atoms. The summed E-state index contributed by atoms with van der Waals surface area (Å²) < 4.78 is 13.8. The Morgan fingerprint density at radius 3 is 2.84 bits per heavy atom. The van der Waals surface area contributed by atoms with Gasteiger partial charge < -0.3 is 15.5 Å². The third kappa shape index (κ3) is 7.33. The number of nitrogens with one attached hydrogen (secondary N) is 2. The average Bonchev–Trinajstić information content (AvgIpc) is 2.98. The molecule has 1 saturated heterocycles. The smallest absolute Gasteiger partial charge is 0.191 e. The summed E-state index contributed by atoms with van der Waals surface area (Å²) in [5.41, 5.74) is 0.358. The molecule has 1 atom stereocenters. The summed E-state index contributed by atoms with van der Waals surface area (Å²) in [6.45, 7) is 9.20. The number of hydrogen-bond acceptors (Lipinski definition) is 3. The van der Waals surface area contributed by atoms with Crippen LogP contribution in [0, 0.1) is 11.2 Å². The van der Waals surface area contributed by atoms with Gasteiger partial charge in [-0.15, -0.1) is 24.0 Å². The van der Waals surface area contributed by atoms with Gasteiger partial charge in [0.1, 0.15) is 0 Å². The number of guanidine groups is 1. The highest BCUT2D eigenvalue weighted by molar-refractivity contribution is 14.0. The molecule has 0 aromatic carbocycles. The first-order valence-corrected chi connectivity index (χ1v) is 8.72. The highest BCUT2D eigenvalue weighted by atomic mass is 127. The van der Waals surface area contributed by atoms with E-state index in [1.54, 1.807) is 19.3 Å². The summed E-state index contributed by atoms with van der Waals surface area (Å²) >= 11 is 0. The zero-order chi connectivity index (χ0) is 17.6. The van der Waals surface area contributed by atoms with Gasteiger partial charge in [0.25, 0.3) is 0 Å². The van der Waals surface area contributed by atoms with Crippen LogP contribution in [0.25, 0.3) is 0 Å². The van der Waals surface area contributed by atoms with Crippen molar-refractivity contribution in [3.63, 3.8) is 0 Å². The van der Waals surface area contributed by atoms with Crippen LogP contribution in [0.1, 0.15) is 40.0 Å². The molecule has 142 valence electrons.